The minimum Gasteiger partial charge on any atom is -0.496 e. The third kappa shape index (κ3) is 6.59. The van der Waals surface area contributed by atoms with Gasteiger partial charge < -0.3 is 24.2 Å². The normalized spacial score (nSPS) is 19.2. The van der Waals surface area contributed by atoms with Crippen molar-refractivity contribution >= 4 is 28.6 Å². The zero-order chi connectivity index (χ0) is 32.8. The average Bonchev–Trinajstić information content (AvgIpc) is 3.38. The second kappa shape index (κ2) is 12.6. The van der Waals surface area contributed by atoms with Crippen molar-refractivity contribution in [3.05, 3.63) is 66.4 Å². The molecular weight excluding hydrogens is 590 g/mol. The van der Waals surface area contributed by atoms with Gasteiger partial charge in [0.1, 0.15) is 5.75 Å². The lowest BCUT2D eigenvalue weighted by Gasteiger charge is -2.57. The minimum atomic E-state index is -1.02. The summed E-state index contributed by atoms with van der Waals surface area (Å²) in [7, 11) is 3.86. The van der Waals surface area contributed by atoms with Gasteiger partial charge in [-0.25, -0.2) is 4.98 Å². The summed E-state index contributed by atoms with van der Waals surface area (Å²) in [5.41, 5.74) is 4.26. The van der Waals surface area contributed by atoms with Crippen LogP contribution in [0.2, 0.25) is 0 Å². The molecule has 2 aromatic heterocycles. The van der Waals surface area contributed by atoms with Gasteiger partial charge in [0.15, 0.2) is 0 Å². The van der Waals surface area contributed by atoms with Crippen LogP contribution < -0.4 is 15.0 Å². The average molecular weight is 638 g/mol. The molecule has 7 rings (SSSR count). The van der Waals surface area contributed by atoms with Crippen LogP contribution in [-0.4, -0.2) is 100 Å². The number of benzene rings is 2. The number of para-hydroxylation sites is 1. The molecule has 0 aliphatic carbocycles. The van der Waals surface area contributed by atoms with E-state index < -0.39 is 5.60 Å². The number of aliphatic hydroxyl groups is 1. The van der Waals surface area contributed by atoms with E-state index in [0.717, 1.165) is 35.4 Å². The third-order valence-corrected chi connectivity index (χ3v) is 10.4. The lowest BCUT2D eigenvalue weighted by atomic mass is 9.71. The molecule has 1 spiro atoms. The van der Waals surface area contributed by atoms with E-state index in [9.17, 15) is 9.90 Å². The van der Waals surface area contributed by atoms with Gasteiger partial charge in [0.25, 0.3) is 5.91 Å². The molecule has 3 saturated heterocycles. The predicted molar refractivity (Wildman–Crippen MR) is 186 cm³/mol. The molecule has 3 aliphatic heterocycles. The van der Waals surface area contributed by atoms with Gasteiger partial charge >= 0.3 is 0 Å². The van der Waals surface area contributed by atoms with Crippen molar-refractivity contribution in [1.82, 2.24) is 24.3 Å². The van der Waals surface area contributed by atoms with Crippen molar-refractivity contribution < 1.29 is 14.6 Å². The van der Waals surface area contributed by atoms with Gasteiger partial charge in [-0.2, -0.15) is 0 Å². The Morgan fingerprint density at radius 2 is 1.79 bits per heavy atom. The first-order valence-electron chi connectivity index (χ1n) is 16.9. The SMILES string of the molecule is COc1ccccc1-c1cc(C(=O)Nc2nc3ccc(N4CCC(N5CC6(CCN(C)CC6)C5)CC4)cc3n2CC(C)(C)O)ccn1. The number of pyridine rings is 1. The third-order valence-electron chi connectivity index (χ3n) is 10.4. The van der Waals surface area contributed by atoms with Crippen LogP contribution in [0.4, 0.5) is 11.6 Å². The zero-order valence-corrected chi connectivity index (χ0v) is 28.1. The van der Waals surface area contributed by atoms with Gasteiger partial charge in [-0.1, -0.05) is 12.1 Å². The first-order chi connectivity index (χ1) is 22.6. The molecule has 4 aromatic rings. The van der Waals surface area contributed by atoms with Gasteiger partial charge in [-0.15, -0.1) is 0 Å². The molecule has 0 unspecified atom stereocenters. The van der Waals surface area contributed by atoms with E-state index in [1.54, 1.807) is 39.3 Å². The first-order valence-corrected chi connectivity index (χ1v) is 16.9. The molecule has 0 saturated carbocycles. The van der Waals surface area contributed by atoms with E-state index in [0.29, 0.717) is 34.4 Å². The Kier molecular flexibility index (Phi) is 8.44. The van der Waals surface area contributed by atoms with Crippen LogP contribution >= 0.6 is 0 Å². The number of hydrogen-bond donors (Lipinski definition) is 2. The standard InChI is InChI=1S/C37H47N7O3/c1-36(2,46)23-44-32-22-28(42-17-12-27(13-18-42)43-24-37(25-43)14-19-41(3)20-15-37)9-10-30(32)39-35(44)40-34(45)26-11-16-38-31(21-26)29-7-5-6-8-33(29)47-4/h5-11,16,21-22,27,46H,12-15,17-20,23-25H2,1-4H3,(H,39,40,45). The fourth-order valence-corrected chi connectivity index (χ4v) is 7.67. The fourth-order valence-electron chi connectivity index (χ4n) is 7.67. The van der Waals surface area contributed by atoms with E-state index in [1.807, 2.05) is 34.9 Å². The summed E-state index contributed by atoms with van der Waals surface area (Å²) in [5.74, 6) is 0.788. The Balaban J connectivity index is 1.07. The molecule has 3 fully saturated rings. The molecule has 10 nitrogen and oxygen atoms in total. The Bertz CT molecular complexity index is 1740. The number of aromatic nitrogens is 3. The Hall–Kier alpha value is -3.99. The number of nitrogens with one attached hydrogen (secondary N) is 1. The fraction of sp³-hybridized carbons (Fsp3) is 0.486. The molecule has 3 aliphatic rings. The Morgan fingerprint density at radius 3 is 2.51 bits per heavy atom. The summed E-state index contributed by atoms with van der Waals surface area (Å²) in [6.45, 7) is 10.9. The predicted octanol–water partition coefficient (Wildman–Crippen LogP) is 5.13. The molecule has 0 atom stereocenters. The number of piperidine rings is 2. The molecule has 5 heterocycles. The zero-order valence-electron chi connectivity index (χ0n) is 28.1. The van der Waals surface area contributed by atoms with E-state index >= 15 is 0 Å². The van der Waals surface area contributed by atoms with Crippen molar-refractivity contribution in [3.63, 3.8) is 0 Å². The number of fused-ring (bicyclic) bond motifs is 1. The first kappa shape index (κ1) is 31.6. The van der Waals surface area contributed by atoms with Crippen LogP contribution in [0.3, 0.4) is 0 Å². The van der Waals surface area contributed by atoms with E-state index in [-0.39, 0.29) is 12.5 Å². The molecular formula is C37H47N7O3. The van der Waals surface area contributed by atoms with Crippen LogP contribution in [0.1, 0.15) is 49.9 Å². The molecule has 1 amide bonds. The van der Waals surface area contributed by atoms with Crippen molar-refractivity contribution in [2.24, 2.45) is 5.41 Å². The Labute approximate surface area is 277 Å². The lowest BCUT2D eigenvalue weighted by molar-refractivity contribution is -0.0704. The number of likely N-dealkylation sites (tertiary alicyclic amines) is 2. The van der Waals surface area contributed by atoms with Crippen molar-refractivity contribution in [3.8, 4) is 17.0 Å². The second-order valence-electron chi connectivity index (χ2n) is 14.5. The van der Waals surface area contributed by atoms with E-state index in [2.05, 4.69) is 44.2 Å². The van der Waals surface area contributed by atoms with Gasteiger partial charge in [0, 0.05) is 55.2 Å². The largest absolute Gasteiger partial charge is 0.496 e. The van der Waals surface area contributed by atoms with Gasteiger partial charge in [0.05, 0.1) is 36.0 Å². The summed E-state index contributed by atoms with van der Waals surface area (Å²) in [5, 5.41) is 13.9. The lowest BCUT2D eigenvalue weighted by Crippen LogP contribution is -2.63. The molecule has 2 N–H and O–H groups in total. The number of methoxy groups -OCH3 is 1. The highest BCUT2D eigenvalue weighted by Gasteiger charge is 2.46. The number of carbonyl (C=O) groups excluding carboxylic acids is 1. The van der Waals surface area contributed by atoms with Gasteiger partial charge in [-0.3, -0.25) is 20.0 Å². The summed E-state index contributed by atoms with van der Waals surface area (Å²) in [6, 6.07) is 18.0. The van der Waals surface area contributed by atoms with Crippen LogP contribution in [0.5, 0.6) is 5.75 Å². The molecule has 2 aromatic carbocycles. The number of carbonyl (C=O) groups is 1. The monoisotopic (exact) mass is 637 g/mol. The molecule has 0 bridgehead atoms. The van der Waals surface area contributed by atoms with Gasteiger partial charge in [0.2, 0.25) is 5.95 Å². The number of nitrogens with zero attached hydrogens (tertiary/aromatic N) is 6. The van der Waals surface area contributed by atoms with Crippen LogP contribution in [-0.2, 0) is 6.54 Å². The van der Waals surface area contributed by atoms with Crippen LogP contribution in [0.25, 0.3) is 22.3 Å². The highest BCUT2D eigenvalue weighted by atomic mass is 16.5. The molecule has 47 heavy (non-hydrogen) atoms. The number of rotatable bonds is 8. The summed E-state index contributed by atoms with van der Waals surface area (Å²) in [6.07, 6.45) is 6.64. The summed E-state index contributed by atoms with van der Waals surface area (Å²) >= 11 is 0. The Morgan fingerprint density at radius 1 is 1.04 bits per heavy atom. The second-order valence-corrected chi connectivity index (χ2v) is 14.5. The van der Waals surface area contributed by atoms with Crippen LogP contribution in [0.15, 0.2) is 60.8 Å². The van der Waals surface area contributed by atoms with Crippen molar-refractivity contribution in [2.75, 3.05) is 63.6 Å². The minimum absolute atomic E-state index is 0.278. The molecule has 10 heteroatoms. The van der Waals surface area contributed by atoms with Crippen molar-refractivity contribution in [1.29, 1.82) is 0 Å². The number of imidazole rings is 1. The maximum absolute atomic E-state index is 13.6. The van der Waals surface area contributed by atoms with E-state index in [4.69, 9.17) is 9.72 Å². The highest BCUT2D eigenvalue weighted by molar-refractivity contribution is 6.04. The smallest absolute Gasteiger partial charge is 0.258 e. The number of ether oxygens (including phenoxy) is 1. The number of hydrogen-bond acceptors (Lipinski definition) is 8. The number of amides is 1. The summed E-state index contributed by atoms with van der Waals surface area (Å²) in [4.78, 5) is 30.6. The van der Waals surface area contributed by atoms with Crippen LogP contribution in [0, 0.1) is 5.41 Å². The maximum Gasteiger partial charge on any atom is 0.258 e. The summed E-state index contributed by atoms with van der Waals surface area (Å²) < 4.78 is 7.43. The molecule has 0 radical (unpaired) electrons. The maximum atomic E-state index is 13.6. The highest BCUT2D eigenvalue weighted by Crippen LogP contribution is 2.42. The quantitative estimate of drug-likeness (QED) is 0.275. The van der Waals surface area contributed by atoms with Gasteiger partial charge in [-0.05, 0) is 108 Å². The molecule has 248 valence electrons. The van der Waals surface area contributed by atoms with Crippen molar-refractivity contribution in [2.45, 2.75) is 57.7 Å². The van der Waals surface area contributed by atoms with E-state index in [1.165, 1.54) is 51.9 Å². The number of anilines is 2. The topological polar surface area (TPSA) is 99.0 Å².